The molecular formula is C45H49N7O10. The molecule has 1 aliphatic heterocycles. The van der Waals surface area contributed by atoms with Crippen LogP contribution in [-0.4, -0.2) is 76.2 Å². The van der Waals surface area contributed by atoms with E-state index in [1.54, 1.807) is 24.3 Å². The van der Waals surface area contributed by atoms with E-state index in [9.17, 15) is 39.7 Å². The van der Waals surface area contributed by atoms with Crippen LogP contribution in [0.3, 0.4) is 0 Å². The summed E-state index contributed by atoms with van der Waals surface area (Å²) >= 11 is 0. The quantitative estimate of drug-likeness (QED) is 0.0360. The van der Waals surface area contributed by atoms with Gasteiger partial charge in [0.05, 0.1) is 55.3 Å². The minimum Gasteiger partial charge on any atom is -0.478 e. The number of nitrogens with zero attached hydrogens (tertiary/aromatic N) is 4. The van der Waals surface area contributed by atoms with Crippen LogP contribution in [0.4, 0.5) is 34.1 Å². The number of rotatable bonds is 18. The number of carboxylic acid groups (broad SMARTS) is 1. The standard InChI is InChI=1S/C45H49N7O10/c1-44(2,26-47-33-16-15-30(51(57)58)23-35(33)52(59)60)18-21-61-45(3,4)17-9-19-46-42(54)28-11-8-20-50(25-28)36-24-34(48-29-12-7-10-27(22-29)43(55)56)37-38-39(36)49-62-41(38)32-14-6-5-13-31(32)40(37)53/h5-7,10,12-16,22-24,28,47-48H,8-9,11,17-21,25-26H2,1-4H3,(H,46,54)(H,55,56)/t28-/m1/s1. The van der Waals surface area contributed by atoms with E-state index in [0.717, 1.165) is 12.5 Å². The lowest BCUT2D eigenvalue weighted by molar-refractivity contribution is -0.393. The Bertz CT molecular complexity index is 2570. The molecule has 2 aliphatic rings. The summed E-state index contributed by atoms with van der Waals surface area (Å²) in [4.78, 5) is 62.9. The van der Waals surface area contributed by atoms with Gasteiger partial charge >= 0.3 is 5.97 Å². The molecule has 17 heteroatoms. The first-order valence-corrected chi connectivity index (χ1v) is 20.6. The lowest BCUT2D eigenvalue weighted by atomic mass is 9.86. The number of amides is 1. The third-order valence-corrected chi connectivity index (χ3v) is 11.6. The minimum atomic E-state index is -1.07. The van der Waals surface area contributed by atoms with E-state index >= 15 is 0 Å². The van der Waals surface area contributed by atoms with Gasteiger partial charge in [0.2, 0.25) is 5.91 Å². The van der Waals surface area contributed by atoms with Crippen molar-refractivity contribution in [3.05, 3.63) is 110 Å². The molecular weight excluding hydrogens is 799 g/mol. The largest absolute Gasteiger partial charge is 0.478 e. The molecule has 4 aromatic carbocycles. The van der Waals surface area contributed by atoms with Gasteiger partial charge in [-0.2, -0.15) is 0 Å². The first-order chi connectivity index (χ1) is 29.5. The second kappa shape index (κ2) is 17.6. The van der Waals surface area contributed by atoms with Crippen molar-refractivity contribution < 1.29 is 38.6 Å². The summed E-state index contributed by atoms with van der Waals surface area (Å²) in [6, 6.07) is 19.0. The van der Waals surface area contributed by atoms with Crippen molar-refractivity contribution in [2.24, 2.45) is 11.3 Å². The number of nitro benzene ring substituents is 2. The maximum atomic E-state index is 14.1. The number of ketones is 1. The molecule has 1 saturated heterocycles. The first kappa shape index (κ1) is 43.2. The van der Waals surface area contributed by atoms with Gasteiger partial charge in [0, 0.05) is 55.7 Å². The van der Waals surface area contributed by atoms with Crippen molar-refractivity contribution in [1.29, 1.82) is 0 Å². The molecule has 1 atom stereocenters. The number of anilines is 4. The van der Waals surface area contributed by atoms with Crippen LogP contribution >= 0.6 is 0 Å². The number of fused-ring (bicyclic) bond motifs is 2. The van der Waals surface area contributed by atoms with Crippen LogP contribution in [0.25, 0.3) is 22.2 Å². The summed E-state index contributed by atoms with van der Waals surface area (Å²) in [5, 5.41) is 46.8. The molecule has 0 saturated carbocycles. The number of carbonyl (C=O) groups excluding carboxylic acids is 2. The van der Waals surface area contributed by atoms with Gasteiger partial charge in [0.25, 0.3) is 11.4 Å². The zero-order valence-electron chi connectivity index (χ0n) is 35.0. The summed E-state index contributed by atoms with van der Waals surface area (Å²) in [6.45, 7) is 10.3. The van der Waals surface area contributed by atoms with Crippen LogP contribution in [0.15, 0.2) is 77.3 Å². The summed E-state index contributed by atoms with van der Waals surface area (Å²) in [6.07, 6.45) is 3.45. The number of non-ortho nitro benzene ring substituents is 1. The fourth-order valence-electron chi connectivity index (χ4n) is 8.08. The zero-order chi connectivity index (χ0) is 44.3. The Labute approximate surface area is 357 Å². The molecule has 1 fully saturated rings. The van der Waals surface area contributed by atoms with E-state index in [1.807, 2.05) is 45.9 Å². The Hall–Kier alpha value is -6.88. The second-order valence-electron chi connectivity index (χ2n) is 17.2. The maximum absolute atomic E-state index is 14.1. The van der Waals surface area contributed by atoms with Crippen molar-refractivity contribution in [3.63, 3.8) is 0 Å². The molecule has 0 unspecified atom stereocenters. The zero-order valence-corrected chi connectivity index (χ0v) is 35.0. The predicted molar refractivity (Wildman–Crippen MR) is 233 cm³/mol. The molecule has 2 heterocycles. The minimum absolute atomic E-state index is 0.0568. The monoisotopic (exact) mass is 847 g/mol. The van der Waals surface area contributed by atoms with Crippen LogP contribution in [-0.2, 0) is 9.53 Å². The van der Waals surface area contributed by atoms with Crippen LogP contribution < -0.4 is 20.9 Å². The van der Waals surface area contributed by atoms with Crippen LogP contribution in [0.2, 0.25) is 0 Å². The number of benzene rings is 4. The fourth-order valence-corrected chi connectivity index (χ4v) is 8.08. The molecule has 1 aliphatic carbocycles. The Morgan fingerprint density at radius 2 is 1.74 bits per heavy atom. The molecule has 0 spiro atoms. The highest BCUT2D eigenvalue weighted by Crippen LogP contribution is 2.47. The number of nitro groups is 2. The number of hydrogen-bond acceptors (Lipinski definition) is 13. The number of carboxylic acids is 1. The summed E-state index contributed by atoms with van der Waals surface area (Å²) < 4.78 is 12.2. The average molecular weight is 848 g/mol. The second-order valence-corrected chi connectivity index (χ2v) is 17.2. The predicted octanol–water partition coefficient (Wildman–Crippen LogP) is 8.73. The number of piperidine rings is 1. The molecule has 1 aromatic heterocycles. The van der Waals surface area contributed by atoms with Gasteiger partial charge in [-0.15, -0.1) is 0 Å². The van der Waals surface area contributed by atoms with Gasteiger partial charge in [0.1, 0.15) is 11.2 Å². The number of ether oxygens (including phenoxy) is 1. The van der Waals surface area contributed by atoms with Crippen LogP contribution in [0.5, 0.6) is 0 Å². The Morgan fingerprint density at radius 1 is 0.968 bits per heavy atom. The highest BCUT2D eigenvalue weighted by atomic mass is 16.6. The number of hydrogen-bond donors (Lipinski definition) is 4. The number of aromatic nitrogens is 1. The van der Waals surface area contributed by atoms with E-state index in [4.69, 9.17) is 9.26 Å². The van der Waals surface area contributed by atoms with E-state index in [1.165, 1.54) is 24.3 Å². The summed E-state index contributed by atoms with van der Waals surface area (Å²) in [5.74, 6) is -1.17. The molecule has 4 N–H and O–H groups in total. The summed E-state index contributed by atoms with van der Waals surface area (Å²) in [5.41, 5.74) is 2.48. The molecule has 5 aromatic rings. The van der Waals surface area contributed by atoms with Crippen molar-refractivity contribution in [2.75, 3.05) is 48.3 Å². The third-order valence-electron chi connectivity index (χ3n) is 11.6. The van der Waals surface area contributed by atoms with Crippen molar-refractivity contribution >= 4 is 62.7 Å². The lowest BCUT2D eigenvalue weighted by Gasteiger charge is -2.34. The fraction of sp³-hybridized carbons (Fsp3) is 0.378. The number of aromatic carboxylic acids is 1. The Morgan fingerprint density at radius 3 is 2.48 bits per heavy atom. The normalized spacial score (nSPS) is 14.9. The SMILES string of the molecule is CC(C)(CCOC(C)(C)CCCNC(=O)[C@@H]1CCCN(c2cc(Nc3cccc(C(=O)O)c3)c3c4c(onc24)-c2ccccc2C3=O)C1)CNc1ccc([N+](=O)[O-])cc1[N+](=O)[O-]. The topological polar surface area (TPSA) is 232 Å². The highest BCUT2D eigenvalue weighted by Gasteiger charge is 2.35. The molecule has 0 bridgehead atoms. The maximum Gasteiger partial charge on any atom is 0.335 e. The Kier molecular flexibility index (Phi) is 12.3. The summed E-state index contributed by atoms with van der Waals surface area (Å²) in [7, 11) is 0. The van der Waals surface area contributed by atoms with E-state index in [0.29, 0.717) is 109 Å². The van der Waals surface area contributed by atoms with Gasteiger partial charge in [-0.25, -0.2) is 4.79 Å². The average Bonchev–Trinajstić information content (AvgIpc) is 3.69. The Balaban J connectivity index is 0.957. The van der Waals surface area contributed by atoms with E-state index in [-0.39, 0.29) is 45.6 Å². The molecule has 324 valence electrons. The van der Waals surface area contributed by atoms with Gasteiger partial charge in [-0.05, 0) is 81.7 Å². The molecule has 7 rings (SSSR count). The smallest absolute Gasteiger partial charge is 0.335 e. The van der Waals surface area contributed by atoms with E-state index < -0.39 is 21.4 Å². The van der Waals surface area contributed by atoms with E-state index in [2.05, 4.69) is 26.0 Å². The van der Waals surface area contributed by atoms with Gasteiger partial charge < -0.3 is 35.2 Å². The lowest BCUT2D eigenvalue weighted by Crippen LogP contribution is -2.43. The van der Waals surface area contributed by atoms with Crippen molar-refractivity contribution in [2.45, 2.75) is 65.4 Å². The van der Waals surface area contributed by atoms with Crippen molar-refractivity contribution in [3.8, 4) is 11.3 Å². The van der Waals surface area contributed by atoms with Crippen LogP contribution in [0, 0.1) is 31.6 Å². The molecule has 0 radical (unpaired) electrons. The molecule has 62 heavy (non-hydrogen) atoms. The molecule has 1 amide bonds. The van der Waals surface area contributed by atoms with Gasteiger partial charge in [-0.3, -0.25) is 29.8 Å². The number of nitrogens with one attached hydrogen (secondary N) is 3. The third kappa shape index (κ3) is 9.37. The van der Waals surface area contributed by atoms with Gasteiger partial charge in [0.15, 0.2) is 11.5 Å². The highest BCUT2D eigenvalue weighted by molar-refractivity contribution is 6.29. The van der Waals surface area contributed by atoms with Gasteiger partial charge in [-0.1, -0.05) is 49.3 Å². The molecule has 17 nitrogen and oxygen atoms in total. The first-order valence-electron chi connectivity index (χ1n) is 20.6. The van der Waals surface area contributed by atoms with Crippen LogP contribution in [0.1, 0.15) is 86.1 Å². The number of carbonyl (C=O) groups is 3. The van der Waals surface area contributed by atoms with Crippen molar-refractivity contribution in [1.82, 2.24) is 10.5 Å².